The second-order valence-electron chi connectivity index (χ2n) is 7.46. The number of esters is 1. The number of methoxy groups -OCH3 is 2. The smallest absolute Gasteiger partial charge is 0.337 e. The second-order valence-corrected chi connectivity index (χ2v) is 7.85. The standard InChI is InChI=1S/C24H24N4O4S/c1-13-17(23(29)32-12-14-8-5-4-6-9-14)18(15-10-7-11-16(30-2)20(15)31-3)19-21(25)27-24(33)28-22(19)26-13/h4-11,18H,12H2,1-3H3,(H4,25,26,27,28,33). The van der Waals surface area contributed by atoms with Crippen molar-refractivity contribution in [2.24, 2.45) is 0 Å². The fourth-order valence-electron chi connectivity index (χ4n) is 4.02. The largest absolute Gasteiger partial charge is 0.493 e. The number of H-pyrrole nitrogens is 1. The zero-order chi connectivity index (χ0) is 23.5. The Bertz CT molecular complexity index is 1290. The molecule has 0 bridgehead atoms. The number of aromatic amines is 1. The molecule has 33 heavy (non-hydrogen) atoms. The summed E-state index contributed by atoms with van der Waals surface area (Å²) in [6.07, 6.45) is 0. The third kappa shape index (κ3) is 4.27. The number of fused-ring (bicyclic) bond motifs is 1. The number of nitrogen functional groups attached to an aromatic ring is 1. The molecule has 4 N–H and O–H groups in total. The molecule has 170 valence electrons. The minimum atomic E-state index is -0.631. The maximum atomic E-state index is 13.4. The molecule has 1 aliphatic rings. The molecule has 1 aliphatic heterocycles. The van der Waals surface area contributed by atoms with E-state index in [-0.39, 0.29) is 11.4 Å². The molecule has 0 saturated carbocycles. The summed E-state index contributed by atoms with van der Waals surface area (Å²) in [5.41, 5.74) is 9.48. The van der Waals surface area contributed by atoms with E-state index in [2.05, 4.69) is 15.3 Å². The third-order valence-corrected chi connectivity index (χ3v) is 5.66. The zero-order valence-electron chi connectivity index (χ0n) is 18.5. The third-order valence-electron chi connectivity index (χ3n) is 5.46. The van der Waals surface area contributed by atoms with E-state index in [0.717, 1.165) is 5.56 Å². The number of nitrogens with zero attached hydrogens (tertiary/aromatic N) is 1. The summed E-state index contributed by atoms with van der Waals surface area (Å²) < 4.78 is 17.1. The summed E-state index contributed by atoms with van der Waals surface area (Å²) in [5, 5.41) is 3.17. The fraction of sp³-hybridized carbons (Fsp3) is 0.208. The van der Waals surface area contributed by atoms with Crippen LogP contribution >= 0.6 is 12.2 Å². The molecule has 1 unspecified atom stereocenters. The molecular formula is C24H24N4O4S. The second kappa shape index (κ2) is 9.33. The molecular weight excluding hydrogens is 440 g/mol. The minimum Gasteiger partial charge on any atom is -0.493 e. The number of nitrogens with one attached hydrogen (secondary N) is 2. The van der Waals surface area contributed by atoms with Crippen LogP contribution in [0.25, 0.3) is 0 Å². The van der Waals surface area contributed by atoms with Gasteiger partial charge < -0.3 is 30.2 Å². The molecule has 3 aromatic rings. The van der Waals surface area contributed by atoms with E-state index in [1.54, 1.807) is 27.2 Å². The summed E-state index contributed by atoms with van der Waals surface area (Å²) in [5.74, 6) is 0.678. The molecule has 2 heterocycles. The van der Waals surface area contributed by atoms with Crippen molar-refractivity contribution < 1.29 is 19.0 Å². The lowest BCUT2D eigenvalue weighted by atomic mass is 9.81. The van der Waals surface area contributed by atoms with Crippen LogP contribution < -0.4 is 20.5 Å². The van der Waals surface area contributed by atoms with Crippen molar-refractivity contribution >= 4 is 29.8 Å². The van der Waals surface area contributed by atoms with Crippen LogP contribution in [0.4, 0.5) is 11.6 Å². The fourth-order valence-corrected chi connectivity index (χ4v) is 4.22. The van der Waals surface area contributed by atoms with Gasteiger partial charge in [-0.1, -0.05) is 42.5 Å². The monoisotopic (exact) mass is 464 g/mol. The number of nitrogens with two attached hydrogens (primary N) is 1. The number of para-hydroxylation sites is 1. The molecule has 0 aliphatic carbocycles. The van der Waals surface area contributed by atoms with Crippen molar-refractivity contribution in [1.29, 1.82) is 0 Å². The Kier molecular flexibility index (Phi) is 6.32. The summed E-state index contributed by atoms with van der Waals surface area (Å²) in [4.78, 5) is 20.7. The molecule has 9 heteroatoms. The Morgan fingerprint density at radius 3 is 2.58 bits per heavy atom. The number of rotatable bonds is 6. The summed E-state index contributed by atoms with van der Waals surface area (Å²) in [6, 6.07) is 15.0. The minimum absolute atomic E-state index is 0.135. The van der Waals surface area contributed by atoms with Crippen LogP contribution in [-0.2, 0) is 16.1 Å². The Morgan fingerprint density at radius 1 is 1.12 bits per heavy atom. The lowest BCUT2D eigenvalue weighted by Gasteiger charge is -2.31. The Morgan fingerprint density at radius 2 is 1.88 bits per heavy atom. The number of hydrogen-bond acceptors (Lipinski definition) is 8. The first-order valence-electron chi connectivity index (χ1n) is 10.2. The van der Waals surface area contributed by atoms with Crippen LogP contribution in [0.1, 0.15) is 29.5 Å². The van der Waals surface area contributed by atoms with Gasteiger partial charge in [0, 0.05) is 16.8 Å². The van der Waals surface area contributed by atoms with Crippen LogP contribution in [0.15, 0.2) is 59.8 Å². The molecule has 0 spiro atoms. The number of benzene rings is 2. The SMILES string of the molecule is COc1cccc(C2C(C(=O)OCc3ccccc3)=C(C)Nc3nc(=S)[nH]c(N)c32)c1OC. The van der Waals surface area contributed by atoms with E-state index in [4.69, 9.17) is 32.2 Å². The van der Waals surface area contributed by atoms with Gasteiger partial charge in [0.25, 0.3) is 0 Å². The van der Waals surface area contributed by atoms with Gasteiger partial charge in [0.2, 0.25) is 0 Å². The lowest BCUT2D eigenvalue weighted by molar-refractivity contribution is -0.140. The first kappa shape index (κ1) is 22.3. The summed E-state index contributed by atoms with van der Waals surface area (Å²) in [6.45, 7) is 1.93. The van der Waals surface area contributed by atoms with E-state index in [1.807, 2.05) is 42.5 Å². The maximum Gasteiger partial charge on any atom is 0.337 e. The quantitative estimate of drug-likeness (QED) is 0.365. The predicted molar refractivity (Wildman–Crippen MR) is 128 cm³/mol. The maximum absolute atomic E-state index is 13.4. The van der Waals surface area contributed by atoms with Gasteiger partial charge in [-0.25, -0.2) is 9.78 Å². The topological polar surface area (TPSA) is 111 Å². The van der Waals surface area contributed by atoms with Gasteiger partial charge in [0.05, 0.1) is 25.7 Å². The number of allylic oxidation sites excluding steroid dienone is 1. The van der Waals surface area contributed by atoms with Crippen molar-refractivity contribution in [3.8, 4) is 11.5 Å². The average Bonchev–Trinajstić information content (AvgIpc) is 2.81. The normalized spacial score (nSPS) is 14.8. The summed E-state index contributed by atoms with van der Waals surface area (Å²) >= 11 is 5.20. The molecule has 0 saturated heterocycles. The van der Waals surface area contributed by atoms with E-state index in [9.17, 15) is 4.79 Å². The lowest BCUT2D eigenvalue weighted by Crippen LogP contribution is -2.27. The Hall–Kier alpha value is -3.85. The van der Waals surface area contributed by atoms with E-state index in [1.165, 1.54) is 0 Å². The highest BCUT2D eigenvalue weighted by Gasteiger charge is 2.38. The van der Waals surface area contributed by atoms with Crippen molar-refractivity contribution in [1.82, 2.24) is 9.97 Å². The number of carbonyl (C=O) groups excluding carboxylic acids is 1. The number of carbonyl (C=O) groups is 1. The zero-order valence-corrected chi connectivity index (χ0v) is 19.3. The van der Waals surface area contributed by atoms with Crippen LogP contribution in [0.2, 0.25) is 0 Å². The molecule has 0 fully saturated rings. The average molecular weight is 465 g/mol. The molecule has 8 nitrogen and oxygen atoms in total. The van der Waals surface area contributed by atoms with Gasteiger partial charge in [0.15, 0.2) is 16.3 Å². The number of aromatic nitrogens is 2. The summed E-state index contributed by atoms with van der Waals surface area (Å²) in [7, 11) is 3.11. The Labute approximate surface area is 196 Å². The van der Waals surface area contributed by atoms with Crippen LogP contribution in [-0.4, -0.2) is 30.2 Å². The van der Waals surface area contributed by atoms with Crippen molar-refractivity contribution in [2.45, 2.75) is 19.4 Å². The van der Waals surface area contributed by atoms with Crippen LogP contribution in [0, 0.1) is 4.77 Å². The van der Waals surface area contributed by atoms with Crippen LogP contribution in [0.5, 0.6) is 11.5 Å². The first-order valence-corrected chi connectivity index (χ1v) is 10.6. The van der Waals surface area contributed by atoms with Crippen molar-refractivity contribution in [3.05, 3.63) is 81.3 Å². The first-order chi connectivity index (χ1) is 15.9. The van der Waals surface area contributed by atoms with Gasteiger partial charge in [-0.2, -0.15) is 0 Å². The number of hydrogen-bond donors (Lipinski definition) is 3. The highest BCUT2D eigenvalue weighted by Crippen LogP contribution is 2.48. The predicted octanol–water partition coefficient (Wildman–Crippen LogP) is 4.31. The Balaban J connectivity index is 1.86. The molecule has 0 amide bonds. The van der Waals surface area contributed by atoms with Crippen molar-refractivity contribution in [3.63, 3.8) is 0 Å². The highest BCUT2D eigenvalue weighted by molar-refractivity contribution is 7.71. The molecule has 0 radical (unpaired) electrons. The van der Waals surface area contributed by atoms with E-state index >= 15 is 0 Å². The number of ether oxygens (including phenoxy) is 3. The van der Waals surface area contributed by atoms with Gasteiger partial charge >= 0.3 is 5.97 Å². The molecule has 1 atom stereocenters. The highest BCUT2D eigenvalue weighted by atomic mass is 32.1. The molecule has 4 rings (SSSR count). The molecule has 1 aromatic heterocycles. The van der Waals surface area contributed by atoms with E-state index < -0.39 is 11.9 Å². The van der Waals surface area contributed by atoms with Crippen LogP contribution in [0.3, 0.4) is 0 Å². The van der Waals surface area contributed by atoms with Gasteiger partial charge in [-0.15, -0.1) is 0 Å². The van der Waals surface area contributed by atoms with Gasteiger partial charge in [0.1, 0.15) is 18.2 Å². The number of anilines is 2. The van der Waals surface area contributed by atoms with Crippen molar-refractivity contribution in [2.75, 3.05) is 25.3 Å². The molecule has 2 aromatic carbocycles. The van der Waals surface area contributed by atoms with E-state index in [0.29, 0.717) is 45.5 Å². The van der Waals surface area contributed by atoms with Gasteiger partial charge in [-0.05, 0) is 30.8 Å². The van der Waals surface area contributed by atoms with Gasteiger partial charge in [-0.3, -0.25) is 0 Å².